The van der Waals surface area contributed by atoms with Crippen LogP contribution >= 0.6 is 0 Å². The Morgan fingerprint density at radius 2 is 2.12 bits per heavy atom. The molecule has 94 valence electrons. The summed E-state index contributed by atoms with van der Waals surface area (Å²) in [5.41, 5.74) is 2.53. The monoisotopic (exact) mass is 233 g/mol. The molecule has 1 fully saturated rings. The van der Waals surface area contributed by atoms with Gasteiger partial charge in [0.05, 0.1) is 6.61 Å². The lowest BCUT2D eigenvalue weighted by molar-refractivity contribution is 0.340. The maximum Gasteiger partial charge on any atom is 0.119 e. The van der Waals surface area contributed by atoms with Crippen LogP contribution in [0.2, 0.25) is 0 Å². The summed E-state index contributed by atoms with van der Waals surface area (Å²) in [6.07, 6.45) is 3.99. The topological polar surface area (TPSA) is 21.3 Å². The minimum atomic E-state index is 0.645. The molecule has 2 heteroatoms. The molecule has 0 heterocycles. The van der Waals surface area contributed by atoms with Gasteiger partial charge in [0.25, 0.3) is 0 Å². The second-order valence-electron chi connectivity index (χ2n) is 4.91. The molecule has 2 nitrogen and oxygen atoms in total. The van der Waals surface area contributed by atoms with E-state index >= 15 is 0 Å². The van der Waals surface area contributed by atoms with Gasteiger partial charge in [-0.1, -0.05) is 6.92 Å². The zero-order valence-electron chi connectivity index (χ0n) is 11.1. The molecule has 17 heavy (non-hydrogen) atoms. The van der Waals surface area contributed by atoms with Crippen molar-refractivity contribution in [2.75, 3.05) is 11.9 Å². The van der Waals surface area contributed by atoms with Gasteiger partial charge in [-0.25, -0.2) is 0 Å². The predicted octanol–water partition coefficient (Wildman–Crippen LogP) is 3.99. The molecule has 0 saturated heterocycles. The average molecular weight is 233 g/mol. The highest BCUT2D eigenvalue weighted by atomic mass is 16.5. The molecule has 0 radical (unpaired) electrons. The van der Waals surface area contributed by atoms with Crippen molar-refractivity contribution >= 4 is 5.69 Å². The zero-order chi connectivity index (χ0) is 12.3. The third-order valence-corrected chi connectivity index (χ3v) is 3.48. The van der Waals surface area contributed by atoms with Crippen LogP contribution < -0.4 is 10.1 Å². The first-order valence-corrected chi connectivity index (χ1v) is 6.74. The summed E-state index contributed by atoms with van der Waals surface area (Å²) in [6, 6.07) is 6.96. The summed E-state index contributed by atoms with van der Waals surface area (Å²) in [5, 5.41) is 3.67. The molecule has 0 amide bonds. The van der Waals surface area contributed by atoms with Crippen LogP contribution in [0.1, 0.15) is 38.7 Å². The molecule has 1 aromatic carbocycles. The number of nitrogens with one attached hydrogen (secondary N) is 1. The number of hydrogen-bond acceptors (Lipinski definition) is 2. The van der Waals surface area contributed by atoms with Crippen molar-refractivity contribution in [1.29, 1.82) is 0 Å². The minimum Gasteiger partial charge on any atom is -0.494 e. The number of ether oxygens (including phenoxy) is 1. The molecule has 1 unspecified atom stereocenters. The van der Waals surface area contributed by atoms with E-state index in [1.807, 2.05) is 6.92 Å². The molecule has 1 aromatic rings. The number of aryl methyl sites for hydroxylation is 1. The largest absolute Gasteiger partial charge is 0.494 e. The van der Waals surface area contributed by atoms with Crippen LogP contribution in [0.3, 0.4) is 0 Å². The van der Waals surface area contributed by atoms with Crippen molar-refractivity contribution in [3.63, 3.8) is 0 Å². The van der Waals surface area contributed by atoms with Crippen molar-refractivity contribution in [3.05, 3.63) is 23.8 Å². The first kappa shape index (κ1) is 12.3. The van der Waals surface area contributed by atoms with Crippen molar-refractivity contribution in [3.8, 4) is 5.75 Å². The quantitative estimate of drug-likeness (QED) is 0.802. The molecule has 0 aliphatic heterocycles. The molecule has 0 spiro atoms. The lowest BCUT2D eigenvalue weighted by Gasteiger charge is -2.19. The van der Waals surface area contributed by atoms with Crippen LogP contribution in [-0.2, 0) is 0 Å². The minimum absolute atomic E-state index is 0.645. The van der Waals surface area contributed by atoms with Gasteiger partial charge in [-0.15, -0.1) is 0 Å². The predicted molar refractivity (Wildman–Crippen MR) is 72.8 cm³/mol. The Hall–Kier alpha value is -1.18. The molecule has 1 N–H and O–H groups in total. The number of rotatable bonds is 6. The van der Waals surface area contributed by atoms with Crippen molar-refractivity contribution in [1.82, 2.24) is 0 Å². The Balaban J connectivity index is 2.04. The van der Waals surface area contributed by atoms with Gasteiger partial charge in [0.2, 0.25) is 0 Å². The molecule has 1 aliphatic carbocycles. The van der Waals surface area contributed by atoms with Crippen LogP contribution in [0.5, 0.6) is 5.75 Å². The van der Waals surface area contributed by atoms with E-state index in [2.05, 4.69) is 37.4 Å². The highest BCUT2D eigenvalue weighted by molar-refractivity contribution is 5.54. The van der Waals surface area contributed by atoms with E-state index in [9.17, 15) is 0 Å². The normalized spacial score (nSPS) is 16.6. The van der Waals surface area contributed by atoms with Crippen LogP contribution in [0.4, 0.5) is 5.69 Å². The molecule has 1 atom stereocenters. The summed E-state index contributed by atoms with van der Waals surface area (Å²) >= 11 is 0. The van der Waals surface area contributed by atoms with E-state index in [-0.39, 0.29) is 0 Å². The van der Waals surface area contributed by atoms with Gasteiger partial charge in [-0.3, -0.25) is 0 Å². The Morgan fingerprint density at radius 1 is 1.35 bits per heavy atom. The van der Waals surface area contributed by atoms with E-state index < -0.39 is 0 Å². The van der Waals surface area contributed by atoms with Crippen LogP contribution in [0.15, 0.2) is 18.2 Å². The SMILES string of the molecule is CCOc1ccc(NC(CC)C2CC2)c(C)c1. The lowest BCUT2D eigenvalue weighted by Crippen LogP contribution is -2.21. The van der Waals surface area contributed by atoms with Gasteiger partial charge in [0, 0.05) is 11.7 Å². The van der Waals surface area contributed by atoms with Crippen LogP contribution in [0.25, 0.3) is 0 Å². The summed E-state index contributed by atoms with van der Waals surface area (Å²) in [6.45, 7) is 7.15. The third kappa shape index (κ3) is 3.15. The number of benzene rings is 1. The molecular weight excluding hydrogens is 210 g/mol. The second kappa shape index (κ2) is 5.44. The summed E-state index contributed by atoms with van der Waals surface area (Å²) in [4.78, 5) is 0. The zero-order valence-corrected chi connectivity index (χ0v) is 11.1. The Labute approximate surface area is 104 Å². The maximum atomic E-state index is 5.51. The molecule has 2 rings (SSSR count). The van der Waals surface area contributed by atoms with Gasteiger partial charge < -0.3 is 10.1 Å². The number of hydrogen-bond donors (Lipinski definition) is 1. The van der Waals surface area contributed by atoms with Crippen molar-refractivity contribution in [2.45, 2.75) is 46.1 Å². The van der Waals surface area contributed by atoms with E-state index in [1.54, 1.807) is 0 Å². The fourth-order valence-corrected chi connectivity index (χ4v) is 2.31. The molecule has 1 saturated carbocycles. The Kier molecular flexibility index (Phi) is 3.93. The Morgan fingerprint density at radius 3 is 2.65 bits per heavy atom. The van der Waals surface area contributed by atoms with Crippen LogP contribution in [-0.4, -0.2) is 12.6 Å². The summed E-state index contributed by atoms with van der Waals surface area (Å²) in [5.74, 6) is 1.86. The standard InChI is InChI=1S/C15H23NO/c1-4-14(12-6-7-12)16-15-9-8-13(17-5-2)10-11(15)3/h8-10,12,14,16H,4-7H2,1-3H3. The summed E-state index contributed by atoms with van der Waals surface area (Å²) in [7, 11) is 0. The molecular formula is C15H23NO. The van der Waals surface area contributed by atoms with E-state index in [0.717, 1.165) is 18.3 Å². The van der Waals surface area contributed by atoms with Gasteiger partial charge >= 0.3 is 0 Å². The number of anilines is 1. The average Bonchev–Trinajstić information content (AvgIpc) is 3.13. The van der Waals surface area contributed by atoms with Crippen molar-refractivity contribution in [2.24, 2.45) is 5.92 Å². The highest BCUT2D eigenvalue weighted by Crippen LogP contribution is 2.36. The molecule has 1 aliphatic rings. The smallest absolute Gasteiger partial charge is 0.119 e. The van der Waals surface area contributed by atoms with E-state index in [4.69, 9.17) is 4.74 Å². The molecule has 0 aromatic heterocycles. The maximum absolute atomic E-state index is 5.51. The fourth-order valence-electron chi connectivity index (χ4n) is 2.31. The second-order valence-corrected chi connectivity index (χ2v) is 4.91. The van der Waals surface area contributed by atoms with Crippen molar-refractivity contribution < 1.29 is 4.74 Å². The van der Waals surface area contributed by atoms with Gasteiger partial charge in [-0.2, -0.15) is 0 Å². The van der Waals surface area contributed by atoms with Gasteiger partial charge in [0.1, 0.15) is 5.75 Å². The summed E-state index contributed by atoms with van der Waals surface area (Å²) < 4.78 is 5.51. The highest BCUT2D eigenvalue weighted by Gasteiger charge is 2.29. The fraction of sp³-hybridized carbons (Fsp3) is 0.600. The van der Waals surface area contributed by atoms with E-state index in [0.29, 0.717) is 6.04 Å². The molecule has 0 bridgehead atoms. The Bertz CT molecular complexity index is 371. The first-order chi connectivity index (χ1) is 8.24. The van der Waals surface area contributed by atoms with Gasteiger partial charge in [-0.05, 0) is 62.8 Å². The van der Waals surface area contributed by atoms with E-state index in [1.165, 1.54) is 30.5 Å². The van der Waals surface area contributed by atoms with Crippen LogP contribution in [0, 0.1) is 12.8 Å². The lowest BCUT2D eigenvalue weighted by atomic mass is 10.1. The first-order valence-electron chi connectivity index (χ1n) is 6.74. The third-order valence-electron chi connectivity index (χ3n) is 3.48. The van der Waals surface area contributed by atoms with Gasteiger partial charge in [0.15, 0.2) is 0 Å².